The van der Waals surface area contributed by atoms with Gasteiger partial charge in [0, 0.05) is 18.3 Å². The predicted molar refractivity (Wildman–Crippen MR) is 84.3 cm³/mol. The molecule has 0 bridgehead atoms. The van der Waals surface area contributed by atoms with E-state index in [0.29, 0.717) is 5.16 Å². The summed E-state index contributed by atoms with van der Waals surface area (Å²) in [5.41, 5.74) is 6.41. The maximum atomic E-state index is 11.3. The van der Waals surface area contributed by atoms with E-state index < -0.39 is 0 Å². The first kappa shape index (κ1) is 15.5. The predicted octanol–water partition coefficient (Wildman–Crippen LogP) is 1.96. The quantitative estimate of drug-likeness (QED) is 0.706. The summed E-state index contributed by atoms with van der Waals surface area (Å²) in [4.78, 5) is 22.4. The number of nitrogens with zero attached hydrogens (tertiary/aromatic N) is 2. The van der Waals surface area contributed by atoms with Gasteiger partial charge < -0.3 is 16.0 Å². The van der Waals surface area contributed by atoms with Gasteiger partial charge in [0.25, 0.3) is 5.56 Å². The summed E-state index contributed by atoms with van der Waals surface area (Å²) >= 11 is 1.28. The van der Waals surface area contributed by atoms with Crippen molar-refractivity contribution in [3.63, 3.8) is 0 Å². The van der Waals surface area contributed by atoms with Crippen LogP contribution in [-0.4, -0.2) is 21.5 Å². The summed E-state index contributed by atoms with van der Waals surface area (Å²) in [6, 6.07) is 5.45. The first-order valence-corrected chi connectivity index (χ1v) is 7.64. The van der Waals surface area contributed by atoms with E-state index >= 15 is 0 Å². The highest BCUT2D eigenvalue weighted by Gasteiger charge is 2.07. The van der Waals surface area contributed by atoms with Crippen LogP contribution >= 0.6 is 11.8 Å². The van der Waals surface area contributed by atoms with Gasteiger partial charge in [-0.25, -0.2) is 9.97 Å². The van der Waals surface area contributed by atoms with Gasteiger partial charge in [0.1, 0.15) is 10.8 Å². The number of nitrogen functional groups attached to an aromatic ring is 1. The second-order valence-corrected chi connectivity index (χ2v) is 5.69. The van der Waals surface area contributed by atoms with Crippen LogP contribution < -0.4 is 16.6 Å². The molecule has 0 fully saturated rings. The Morgan fingerprint density at radius 3 is 2.90 bits per heavy atom. The zero-order valence-electron chi connectivity index (χ0n) is 12.1. The van der Waals surface area contributed by atoms with Crippen LogP contribution in [0.2, 0.25) is 0 Å². The molecule has 2 rings (SSSR count). The zero-order chi connectivity index (χ0) is 15.2. The second kappa shape index (κ2) is 7.24. The number of pyridine rings is 1. The maximum Gasteiger partial charge on any atom is 0.253 e. The summed E-state index contributed by atoms with van der Waals surface area (Å²) in [7, 11) is 0. The number of nitrogens with one attached hydrogen (secondary N) is 2. The molecule has 1 unspecified atom stereocenters. The van der Waals surface area contributed by atoms with Gasteiger partial charge in [-0.15, -0.1) is 0 Å². The lowest BCUT2D eigenvalue weighted by Crippen LogP contribution is -2.19. The fourth-order valence-corrected chi connectivity index (χ4v) is 2.53. The number of aromatic amines is 1. The average Bonchev–Trinajstić information content (AvgIpc) is 2.44. The molecule has 0 radical (unpaired) electrons. The number of hydrogen-bond acceptors (Lipinski definition) is 6. The molecule has 0 spiro atoms. The highest BCUT2D eigenvalue weighted by Crippen LogP contribution is 2.23. The van der Waals surface area contributed by atoms with Crippen molar-refractivity contribution in [2.45, 2.75) is 36.5 Å². The average molecular weight is 305 g/mol. The monoisotopic (exact) mass is 305 g/mol. The van der Waals surface area contributed by atoms with Gasteiger partial charge in [-0.2, -0.15) is 0 Å². The van der Waals surface area contributed by atoms with Crippen molar-refractivity contribution < 1.29 is 0 Å². The number of aromatic nitrogens is 3. The molecule has 2 aromatic heterocycles. The van der Waals surface area contributed by atoms with E-state index in [1.807, 2.05) is 18.3 Å². The minimum atomic E-state index is -0.265. The standard InChI is InChI=1S/C14H19N5OS/c1-3-6-16-9(2)10-4-5-13(17-8-10)21-14-18-11(15)7-12(20)19-14/h4-5,7-9,16H,3,6H2,1-2H3,(H3,15,18,19,20). The van der Waals surface area contributed by atoms with Gasteiger partial charge >= 0.3 is 0 Å². The Morgan fingerprint density at radius 2 is 2.29 bits per heavy atom. The van der Waals surface area contributed by atoms with E-state index in [9.17, 15) is 4.79 Å². The van der Waals surface area contributed by atoms with Gasteiger partial charge in [-0.3, -0.25) is 4.79 Å². The third kappa shape index (κ3) is 4.57. The van der Waals surface area contributed by atoms with Crippen LogP contribution in [0.5, 0.6) is 0 Å². The Balaban J connectivity index is 2.06. The number of H-pyrrole nitrogens is 1. The molecule has 0 saturated carbocycles. The molecule has 0 aliphatic carbocycles. The van der Waals surface area contributed by atoms with Crippen LogP contribution in [0.3, 0.4) is 0 Å². The topological polar surface area (TPSA) is 96.7 Å². The lowest BCUT2D eigenvalue weighted by Gasteiger charge is -2.13. The smallest absolute Gasteiger partial charge is 0.253 e. The molecule has 0 aliphatic heterocycles. The van der Waals surface area contributed by atoms with Gasteiger partial charge in [0.2, 0.25) is 0 Å². The molecule has 1 atom stereocenters. The highest BCUT2D eigenvalue weighted by molar-refractivity contribution is 7.99. The Labute approximate surface area is 127 Å². The lowest BCUT2D eigenvalue weighted by molar-refractivity contribution is 0.568. The highest BCUT2D eigenvalue weighted by atomic mass is 32.2. The molecule has 0 amide bonds. The van der Waals surface area contributed by atoms with E-state index in [1.165, 1.54) is 17.8 Å². The molecule has 6 nitrogen and oxygen atoms in total. The van der Waals surface area contributed by atoms with Crippen LogP contribution in [0, 0.1) is 0 Å². The molecule has 2 aromatic rings. The lowest BCUT2D eigenvalue weighted by atomic mass is 10.1. The van der Waals surface area contributed by atoms with E-state index in [0.717, 1.165) is 23.6 Å². The van der Waals surface area contributed by atoms with E-state index in [4.69, 9.17) is 5.73 Å². The molecule has 21 heavy (non-hydrogen) atoms. The Hall–Kier alpha value is -1.86. The van der Waals surface area contributed by atoms with Crippen molar-refractivity contribution in [2.75, 3.05) is 12.3 Å². The number of nitrogens with two attached hydrogens (primary N) is 1. The molecule has 0 saturated heterocycles. The number of anilines is 1. The van der Waals surface area contributed by atoms with Crippen LogP contribution in [0.25, 0.3) is 0 Å². The van der Waals surface area contributed by atoms with E-state index in [-0.39, 0.29) is 17.4 Å². The Kier molecular flexibility index (Phi) is 5.35. The molecule has 2 heterocycles. The normalized spacial score (nSPS) is 12.3. The molecular formula is C14H19N5OS. The number of hydrogen-bond donors (Lipinski definition) is 3. The van der Waals surface area contributed by atoms with Crippen LogP contribution in [0.15, 0.2) is 39.4 Å². The van der Waals surface area contributed by atoms with Gasteiger partial charge in [-0.05, 0) is 43.3 Å². The fraction of sp³-hybridized carbons (Fsp3) is 0.357. The third-order valence-corrected chi connectivity index (χ3v) is 3.74. The summed E-state index contributed by atoms with van der Waals surface area (Å²) in [6.45, 7) is 5.22. The fourth-order valence-electron chi connectivity index (χ4n) is 1.79. The van der Waals surface area contributed by atoms with Crippen LogP contribution in [0.1, 0.15) is 31.9 Å². The largest absolute Gasteiger partial charge is 0.383 e. The van der Waals surface area contributed by atoms with Crippen molar-refractivity contribution in [2.24, 2.45) is 0 Å². The molecule has 0 aliphatic rings. The van der Waals surface area contributed by atoms with Gasteiger partial charge in [0.15, 0.2) is 5.16 Å². The van der Waals surface area contributed by atoms with E-state index in [2.05, 4.69) is 34.1 Å². The maximum absolute atomic E-state index is 11.3. The number of rotatable bonds is 6. The molecule has 0 aromatic carbocycles. The summed E-state index contributed by atoms with van der Waals surface area (Å²) in [5.74, 6) is 0.204. The Bertz CT molecular complexity index is 641. The molecule has 4 N–H and O–H groups in total. The third-order valence-electron chi connectivity index (χ3n) is 2.90. The van der Waals surface area contributed by atoms with Gasteiger partial charge in [-0.1, -0.05) is 13.0 Å². The van der Waals surface area contributed by atoms with Crippen LogP contribution in [-0.2, 0) is 0 Å². The summed E-state index contributed by atoms with van der Waals surface area (Å²) < 4.78 is 0. The second-order valence-electron chi connectivity index (χ2n) is 4.68. The Morgan fingerprint density at radius 1 is 1.48 bits per heavy atom. The molecular weight excluding hydrogens is 286 g/mol. The minimum absolute atomic E-state index is 0.204. The van der Waals surface area contributed by atoms with Crippen molar-refractivity contribution in [1.82, 2.24) is 20.3 Å². The molecule has 112 valence electrons. The van der Waals surface area contributed by atoms with Crippen molar-refractivity contribution in [3.8, 4) is 0 Å². The first-order valence-electron chi connectivity index (χ1n) is 6.82. The molecule has 7 heteroatoms. The van der Waals surface area contributed by atoms with Crippen molar-refractivity contribution >= 4 is 17.6 Å². The zero-order valence-corrected chi connectivity index (χ0v) is 12.9. The summed E-state index contributed by atoms with van der Waals surface area (Å²) in [6.07, 6.45) is 2.93. The van der Waals surface area contributed by atoms with Crippen LogP contribution in [0.4, 0.5) is 5.82 Å². The van der Waals surface area contributed by atoms with Crippen molar-refractivity contribution in [1.29, 1.82) is 0 Å². The summed E-state index contributed by atoms with van der Waals surface area (Å²) in [5, 5.41) is 4.61. The first-order chi connectivity index (χ1) is 10.1. The van der Waals surface area contributed by atoms with Crippen molar-refractivity contribution in [3.05, 3.63) is 40.3 Å². The van der Waals surface area contributed by atoms with Gasteiger partial charge in [0.05, 0.1) is 0 Å². The van der Waals surface area contributed by atoms with E-state index in [1.54, 1.807) is 0 Å². The minimum Gasteiger partial charge on any atom is -0.383 e. The SMILES string of the molecule is CCCNC(C)c1ccc(Sc2nc(N)cc(=O)[nH]2)nc1.